The second kappa shape index (κ2) is 40.7. The van der Waals surface area contributed by atoms with Gasteiger partial charge in [0.05, 0.1) is 26.4 Å². The number of ether oxygens (including phenoxy) is 4. The summed E-state index contributed by atoms with van der Waals surface area (Å²) in [4.78, 5) is 54.9. The monoisotopic (exact) mass is 1200 g/mol. The van der Waals surface area contributed by atoms with Crippen LogP contribution in [-0.2, 0) is 39.7 Å². The fourth-order valence-electron chi connectivity index (χ4n) is 9.10. The number of hydrogen-bond donors (Lipinski definition) is 2. The molecule has 0 atom stereocenters. The van der Waals surface area contributed by atoms with Gasteiger partial charge in [-0.1, -0.05) is 59.4 Å². The van der Waals surface area contributed by atoms with Crippen molar-refractivity contribution in [2.45, 2.75) is 232 Å². The van der Waals surface area contributed by atoms with Crippen LogP contribution in [0.4, 0.5) is 0 Å². The normalized spacial score (nSPS) is 17.7. The fraction of sp³-hybridized carbons (Fsp3) is 0.690. The molecule has 5 aliphatic rings. The summed E-state index contributed by atoms with van der Waals surface area (Å²) < 4.78 is 27.8. The third-order valence-corrected chi connectivity index (χ3v) is 28.1. The zero-order valence-corrected chi connectivity index (χ0v) is 44.0. The maximum absolute atomic E-state index is 11.0. The van der Waals surface area contributed by atoms with E-state index in [0.717, 1.165) is 12.8 Å². The maximum atomic E-state index is 11.0. The van der Waals surface area contributed by atoms with Crippen molar-refractivity contribution in [3.05, 3.63) is 90.8 Å². The summed E-state index contributed by atoms with van der Waals surface area (Å²) in [5.41, 5.74) is -1.92. The van der Waals surface area contributed by atoms with Gasteiger partial charge in [-0.05, 0) is 55.5 Å². The van der Waals surface area contributed by atoms with Crippen LogP contribution < -0.4 is 3.84 Å². The molecule has 3 saturated carbocycles. The largest absolute Gasteiger partial charge is 0.382 e. The Morgan fingerprint density at radius 2 is 0.737 bits per heavy atom. The van der Waals surface area contributed by atoms with E-state index in [-0.39, 0.29) is 71.0 Å². The predicted molar refractivity (Wildman–Crippen MR) is 314 cm³/mol. The quantitative estimate of drug-likeness (QED) is 0.0996. The fourth-order valence-corrected chi connectivity index (χ4v) is 24.1. The Hall–Kier alpha value is -3.49. The molecular weight excluding hydrogens is 1090 g/mol. The van der Waals surface area contributed by atoms with Crippen molar-refractivity contribution in [2.75, 3.05) is 26.4 Å². The molecule has 4 aromatic rings. The molecule has 3 aliphatic carbocycles. The molecule has 18 heteroatoms. The van der Waals surface area contributed by atoms with Crippen molar-refractivity contribution >= 4 is 45.4 Å². The molecule has 5 fully saturated rings. The number of Topliss-reactive ketones (excluding diaryl/α,β-unsaturated/α-hetero) is 2. The summed E-state index contributed by atoms with van der Waals surface area (Å²) >= 11 is 3.00. The molecule has 9 rings (SSSR count). The van der Waals surface area contributed by atoms with Gasteiger partial charge in [-0.3, -0.25) is 9.59 Å². The molecule has 2 N–H and O–H groups in total. The number of hydrogen-bond acceptors (Lipinski definition) is 16. The van der Waals surface area contributed by atoms with Crippen LogP contribution in [-0.4, -0.2) is 118 Å². The second-order valence-electron chi connectivity index (χ2n) is 18.2. The van der Waals surface area contributed by atoms with Gasteiger partial charge in [-0.25, -0.2) is 29.9 Å². The van der Waals surface area contributed by atoms with Crippen molar-refractivity contribution in [3.8, 4) is 0 Å². The van der Waals surface area contributed by atoms with Crippen LogP contribution in [0.5, 0.6) is 0 Å². The molecule has 76 heavy (non-hydrogen) atoms. The smallest absolute Gasteiger partial charge is 0.222 e. The Balaban J connectivity index is -0.000000426. The van der Waals surface area contributed by atoms with Gasteiger partial charge in [-0.15, -0.1) is 0 Å². The third-order valence-electron chi connectivity index (χ3n) is 13.2. The van der Waals surface area contributed by atoms with Gasteiger partial charge in [0.1, 0.15) is 22.8 Å². The molecule has 2 saturated heterocycles. The average molecular weight is 1200 g/mol. The first-order valence-corrected chi connectivity index (χ1v) is 32.6. The van der Waals surface area contributed by atoms with E-state index >= 15 is 0 Å². The molecule has 0 radical (unpaired) electrons. The van der Waals surface area contributed by atoms with Crippen molar-refractivity contribution in [1.82, 2.24) is 39.9 Å². The number of nitrogens with zero attached hydrogens (tertiary/aromatic N) is 8. The summed E-state index contributed by atoms with van der Waals surface area (Å²) in [5, 5.41) is 21.0. The Bertz CT molecular complexity index is 1990. The molecule has 0 bridgehead atoms. The van der Waals surface area contributed by atoms with Crippen molar-refractivity contribution in [2.24, 2.45) is 0 Å². The average Bonchev–Trinajstić information content (AvgIpc) is 4.06. The minimum atomic E-state index is -2.32. The van der Waals surface area contributed by atoms with Crippen LogP contribution in [0.3, 0.4) is 0 Å². The molecule has 0 amide bonds. The Morgan fingerprint density at radius 3 is 1.05 bits per heavy atom. The van der Waals surface area contributed by atoms with E-state index in [9.17, 15) is 19.8 Å². The summed E-state index contributed by atoms with van der Waals surface area (Å²) in [6, 6.07) is 7.13. The van der Waals surface area contributed by atoms with Gasteiger partial charge in [0.15, 0.2) is 23.2 Å². The molecule has 6 heterocycles. The van der Waals surface area contributed by atoms with E-state index in [2.05, 4.69) is 50.7 Å². The van der Waals surface area contributed by atoms with Gasteiger partial charge in [0.25, 0.3) is 0 Å². The van der Waals surface area contributed by atoms with E-state index in [1.54, 1.807) is 55.4 Å². The Morgan fingerprint density at radius 1 is 0.447 bits per heavy atom. The van der Waals surface area contributed by atoms with Crippen LogP contribution >= 0.6 is 11.6 Å². The minimum absolute atomic E-state index is 0. The molecule has 16 nitrogen and oxygen atoms in total. The zero-order chi connectivity index (χ0) is 48.6. The van der Waals surface area contributed by atoms with Crippen LogP contribution in [0.25, 0.3) is 0 Å². The number of aliphatic hydroxyl groups is 2. The van der Waals surface area contributed by atoms with E-state index < -0.39 is 35.4 Å². The van der Waals surface area contributed by atoms with Gasteiger partial charge in [0.2, 0.25) is 5.28 Å². The number of aromatic nitrogens is 8. The number of halogens is 1. The standard InChI is InChI=1S/C12H16N2O3.C10H12N2O2.C8H12O3.C4H3ClN2.C4H3N2.3C4H9.8CH4.Sn/c15-11(10-13-6-1-7-14-10)2-4-12(5-3-11)16-8-9-17-12;13-8-2-4-10(14,5-3-8)9-11-6-1-7-12-9;9-7-1-3-8(4-2-7)10-5-6-11-8;5-4-6-2-1-3-7-4;1-2-5-4-6-3-1;3*1-3-4-2;;;;;;;;;/h1,6-7,15H,2-5,8-9H2;1,6-7,14H,2-5H2;1-6H2;1-3H;1-3H;3*1,3-4H2,2H3;8*1H4;. The minimum Gasteiger partial charge on any atom is -0.382 e. The molecule has 4 aromatic heterocycles. The van der Waals surface area contributed by atoms with Crippen LogP contribution in [0.1, 0.15) is 207 Å². The summed E-state index contributed by atoms with van der Waals surface area (Å²) in [5.74, 6) is 0.676. The van der Waals surface area contributed by atoms with Gasteiger partial charge >= 0.3 is 123 Å². The topological polar surface area (TPSA) is 215 Å². The van der Waals surface area contributed by atoms with Crippen molar-refractivity contribution in [1.29, 1.82) is 0 Å². The van der Waals surface area contributed by atoms with Gasteiger partial charge in [-0.2, -0.15) is 0 Å². The van der Waals surface area contributed by atoms with E-state index in [4.69, 9.17) is 40.5 Å². The Kier molecular flexibility index (Phi) is 42.3. The molecule has 0 aromatic carbocycles. The van der Waals surface area contributed by atoms with E-state index in [1.165, 1.54) is 55.7 Å². The maximum Gasteiger partial charge on any atom is 0.222 e. The molecule has 2 spiro atoms. The Labute approximate surface area is 470 Å². The zero-order valence-electron chi connectivity index (χ0n) is 40.4. The number of ketones is 2. The number of unbranched alkanes of at least 4 members (excludes halogenated alkanes) is 3. The number of carbonyl (C=O) groups is 2. The summed E-state index contributed by atoms with van der Waals surface area (Å²) in [6.07, 6.45) is 28.7. The first kappa shape index (κ1) is 79.0. The molecule has 0 unspecified atom stereocenters. The SMILES string of the molecule is C.C.C.C.C.C.C.C.CCC[CH2][Sn]([CH2]CCC)([CH2]CCC)[c]1ncccn1.Clc1ncccn1.O=C1CCC(O)(c2ncccn2)CC1.O=C1CCC2(CC1)OCCO2.OC1(c2ncccn2)CCC2(CC1)OCCO2. The van der Waals surface area contributed by atoms with Crippen LogP contribution in [0, 0.1) is 0 Å². The van der Waals surface area contributed by atoms with Crippen LogP contribution in [0.2, 0.25) is 18.6 Å². The number of carbonyl (C=O) groups excluding carboxylic acids is 2. The van der Waals surface area contributed by atoms with E-state index in [1.807, 2.05) is 18.5 Å². The molecular formula is C58H105ClN8O8Sn. The summed E-state index contributed by atoms with van der Waals surface area (Å²) in [6.45, 7) is 9.61. The summed E-state index contributed by atoms with van der Waals surface area (Å²) in [7, 11) is 0. The number of rotatable bonds is 12. The first-order valence-electron chi connectivity index (χ1n) is 24.7. The predicted octanol–water partition coefficient (Wildman–Crippen LogP) is 13.4. The van der Waals surface area contributed by atoms with Gasteiger partial charge in [0, 0.05) is 88.5 Å². The second-order valence-corrected chi connectivity index (χ2v) is 31.4. The van der Waals surface area contributed by atoms with E-state index in [0.29, 0.717) is 113 Å². The molecule has 2 aliphatic heterocycles. The van der Waals surface area contributed by atoms with Gasteiger partial charge < -0.3 is 29.2 Å². The third kappa shape index (κ3) is 24.7. The molecule has 436 valence electrons. The van der Waals surface area contributed by atoms with Crippen LogP contribution in [0.15, 0.2) is 73.8 Å². The van der Waals surface area contributed by atoms with Crippen molar-refractivity contribution in [3.63, 3.8) is 0 Å². The first-order chi connectivity index (χ1) is 32.9. The van der Waals surface area contributed by atoms with Crippen molar-refractivity contribution < 1.29 is 38.7 Å².